The molecule has 0 radical (unpaired) electrons. The SMILES string of the molecule is CC(C)(NCc1ccc(C(N)=O)cc1Cl)C1CC1. The third-order valence-electron chi connectivity index (χ3n) is 3.67. The molecule has 1 saturated carbocycles. The van der Waals surface area contributed by atoms with Gasteiger partial charge in [-0.25, -0.2) is 0 Å². The van der Waals surface area contributed by atoms with Gasteiger partial charge in [-0.2, -0.15) is 0 Å². The van der Waals surface area contributed by atoms with Crippen LogP contribution in [0, 0.1) is 5.92 Å². The van der Waals surface area contributed by atoms with Crippen LogP contribution in [0.2, 0.25) is 5.02 Å². The van der Waals surface area contributed by atoms with Crippen LogP contribution in [0.5, 0.6) is 0 Å². The van der Waals surface area contributed by atoms with Crippen molar-refractivity contribution >= 4 is 17.5 Å². The summed E-state index contributed by atoms with van der Waals surface area (Å²) in [6.45, 7) is 5.15. The Kier molecular flexibility index (Phi) is 3.64. The van der Waals surface area contributed by atoms with Crippen LogP contribution in [0.15, 0.2) is 18.2 Å². The molecule has 1 aromatic rings. The van der Waals surface area contributed by atoms with Crippen LogP contribution in [0.25, 0.3) is 0 Å². The lowest BCUT2D eigenvalue weighted by molar-refractivity contribution is 0.100. The molecule has 18 heavy (non-hydrogen) atoms. The van der Waals surface area contributed by atoms with Gasteiger partial charge < -0.3 is 11.1 Å². The molecule has 0 aliphatic heterocycles. The molecule has 1 aliphatic carbocycles. The maximum Gasteiger partial charge on any atom is 0.248 e. The van der Waals surface area contributed by atoms with E-state index in [2.05, 4.69) is 19.2 Å². The normalized spacial score (nSPS) is 15.7. The smallest absolute Gasteiger partial charge is 0.248 e. The maximum absolute atomic E-state index is 11.0. The minimum absolute atomic E-state index is 0.145. The minimum atomic E-state index is -0.449. The van der Waals surface area contributed by atoms with Crippen molar-refractivity contribution in [2.75, 3.05) is 0 Å². The van der Waals surface area contributed by atoms with Crippen LogP contribution in [0.1, 0.15) is 42.6 Å². The van der Waals surface area contributed by atoms with Crippen molar-refractivity contribution in [3.05, 3.63) is 34.3 Å². The van der Waals surface area contributed by atoms with E-state index in [4.69, 9.17) is 17.3 Å². The molecular formula is C14H19ClN2O. The average molecular weight is 267 g/mol. The number of hydrogen-bond donors (Lipinski definition) is 2. The van der Waals surface area contributed by atoms with Crippen molar-refractivity contribution in [1.82, 2.24) is 5.32 Å². The second-order valence-corrected chi connectivity index (χ2v) is 5.93. The molecule has 2 rings (SSSR count). The van der Waals surface area contributed by atoms with E-state index in [1.54, 1.807) is 12.1 Å². The van der Waals surface area contributed by atoms with Crippen LogP contribution in [-0.2, 0) is 6.54 Å². The van der Waals surface area contributed by atoms with Crippen LogP contribution in [-0.4, -0.2) is 11.4 Å². The van der Waals surface area contributed by atoms with Crippen molar-refractivity contribution in [3.63, 3.8) is 0 Å². The van der Waals surface area contributed by atoms with Crippen molar-refractivity contribution < 1.29 is 4.79 Å². The van der Waals surface area contributed by atoms with Gasteiger partial charge in [0, 0.05) is 22.7 Å². The first-order valence-corrected chi connectivity index (χ1v) is 6.61. The number of carbonyl (C=O) groups is 1. The summed E-state index contributed by atoms with van der Waals surface area (Å²) in [6.07, 6.45) is 2.60. The molecule has 98 valence electrons. The maximum atomic E-state index is 11.0. The second-order valence-electron chi connectivity index (χ2n) is 5.52. The number of hydrogen-bond acceptors (Lipinski definition) is 2. The van der Waals surface area contributed by atoms with E-state index < -0.39 is 5.91 Å². The molecule has 3 nitrogen and oxygen atoms in total. The van der Waals surface area contributed by atoms with Gasteiger partial charge in [0.1, 0.15) is 0 Å². The predicted molar refractivity (Wildman–Crippen MR) is 73.6 cm³/mol. The summed E-state index contributed by atoms with van der Waals surface area (Å²) in [5, 5.41) is 4.11. The highest BCUT2D eigenvalue weighted by atomic mass is 35.5. The topological polar surface area (TPSA) is 55.1 Å². The van der Waals surface area contributed by atoms with E-state index in [-0.39, 0.29) is 5.54 Å². The summed E-state index contributed by atoms with van der Waals surface area (Å²) in [5.74, 6) is 0.316. The van der Waals surface area contributed by atoms with Gasteiger partial charge in [-0.3, -0.25) is 4.79 Å². The Hall–Kier alpha value is -1.06. The van der Waals surface area contributed by atoms with Gasteiger partial charge in [0.25, 0.3) is 0 Å². The third-order valence-corrected chi connectivity index (χ3v) is 4.02. The van der Waals surface area contributed by atoms with E-state index >= 15 is 0 Å². The summed E-state index contributed by atoms with van der Waals surface area (Å²) in [7, 11) is 0. The average Bonchev–Trinajstić information content (AvgIpc) is 3.11. The summed E-state index contributed by atoms with van der Waals surface area (Å²) in [4.78, 5) is 11.0. The van der Waals surface area contributed by atoms with Crippen molar-refractivity contribution in [3.8, 4) is 0 Å². The molecule has 0 aromatic heterocycles. The Labute approximate surface area is 113 Å². The number of halogens is 1. The predicted octanol–water partition coefficient (Wildman–Crippen LogP) is 2.72. The van der Waals surface area contributed by atoms with Crippen LogP contribution < -0.4 is 11.1 Å². The minimum Gasteiger partial charge on any atom is -0.366 e. The highest BCUT2D eigenvalue weighted by Gasteiger charge is 2.37. The van der Waals surface area contributed by atoms with Crippen LogP contribution >= 0.6 is 11.6 Å². The molecule has 0 heterocycles. The van der Waals surface area contributed by atoms with E-state index in [0.29, 0.717) is 17.1 Å². The van der Waals surface area contributed by atoms with Gasteiger partial charge in [0.15, 0.2) is 0 Å². The zero-order valence-corrected chi connectivity index (χ0v) is 11.6. The third kappa shape index (κ3) is 3.03. The summed E-state index contributed by atoms with van der Waals surface area (Å²) in [6, 6.07) is 5.21. The zero-order valence-electron chi connectivity index (χ0n) is 10.8. The highest BCUT2D eigenvalue weighted by Crippen LogP contribution is 2.39. The van der Waals surface area contributed by atoms with Gasteiger partial charge in [0.05, 0.1) is 0 Å². The molecule has 1 aliphatic rings. The van der Waals surface area contributed by atoms with Gasteiger partial charge >= 0.3 is 0 Å². The molecule has 1 fully saturated rings. The molecule has 3 N–H and O–H groups in total. The fourth-order valence-electron chi connectivity index (χ4n) is 2.12. The molecule has 1 amide bonds. The molecule has 1 aromatic carbocycles. The number of carbonyl (C=O) groups excluding carboxylic acids is 1. The molecule has 4 heteroatoms. The number of rotatable bonds is 5. The van der Waals surface area contributed by atoms with Crippen molar-refractivity contribution in [1.29, 1.82) is 0 Å². The number of benzene rings is 1. The van der Waals surface area contributed by atoms with Crippen LogP contribution in [0.3, 0.4) is 0 Å². The Morgan fingerprint density at radius 2 is 2.17 bits per heavy atom. The number of nitrogens with one attached hydrogen (secondary N) is 1. The summed E-state index contributed by atoms with van der Waals surface area (Å²) < 4.78 is 0. The van der Waals surface area contributed by atoms with E-state index in [1.165, 1.54) is 12.8 Å². The van der Waals surface area contributed by atoms with E-state index in [1.807, 2.05) is 6.07 Å². The lowest BCUT2D eigenvalue weighted by Gasteiger charge is -2.26. The first kappa shape index (κ1) is 13.4. The van der Waals surface area contributed by atoms with Gasteiger partial charge in [-0.15, -0.1) is 0 Å². The largest absolute Gasteiger partial charge is 0.366 e. The molecule has 0 bridgehead atoms. The Morgan fingerprint density at radius 3 is 2.67 bits per heavy atom. The first-order chi connectivity index (χ1) is 8.40. The monoisotopic (exact) mass is 266 g/mol. The van der Waals surface area contributed by atoms with Gasteiger partial charge in [0.2, 0.25) is 5.91 Å². The number of primary amides is 1. The van der Waals surface area contributed by atoms with E-state index in [9.17, 15) is 4.79 Å². The zero-order chi connectivity index (χ0) is 13.3. The molecule has 0 unspecified atom stereocenters. The summed E-state index contributed by atoms with van der Waals surface area (Å²) >= 11 is 6.15. The highest BCUT2D eigenvalue weighted by molar-refractivity contribution is 6.31. The standard InChI is InChI=1S/C14H19ClN2O/c1-14(2,11-5-6-11)17-8-10-4-3-9(13(16)18)7-12(10)15/h3-4,7,11,17H,5-6,8H2,1-2H3,(H2,16,18). The Morgan fingerprint density at radius 1 is 1.50 bits per heavy atom. The Bertz CT molecular complexity index is 467. The molecule has 0 spiro atoms. The second kappa shape index (κ2) is 4.90. The van der Waals surface area contributed by atoms with Crippen molar-refractivity contribution in [2.45, 2.75) is 38.8 Å². The molecule has 0 atom stereocenters. The Balaban J connectivity index is 2.03. The quantitative estimate of drug-likeness (QED) is 0.861. The first-order valence-electron chi connectivity index (χ1n) is 6.23. The number of amides is 1. The summed E-state index contributed by atoms with van der Waals surface area (Å²) in [5.41, 5.74) is 6.80. The van der Waals surface area contributed by atoms with Crippen molar-refractivity contribution in [2.24, 2.45) is 11.7 Å². The molecule has 0 saturated heterocycles. The van der Waals surface area contributed by atoms with Gasteiger partial charge in [-0.1, -0.05) is 17.7 Å². The lowest BCUT2D eigenvalue weighted by Crippen LogP contribution is -2.40. The fraction of sp³-hybridized carbons (Fsp3) is 0.500. The molecular weight excluding hydrogens is 248 g/mol. The fourth-order valence-corrected chi connectivity index (χ4v) is 2.36. The lowest BCUT2D eigenvalue weighted by atomic mass is 9.98. The van der Waals surface area contributed by atoms with Gasteiger partial charge in [-0.05, 0) is 50.3 Å². The number of nitrogens with two attached hydrogens (primary N) is 1. The van der Waals surface area contributed by atoms with Crippen LogP contribution in [0.4, 0.5) is 0 Å². The van der Waals surface area contributed by atoms with E-state index in [0.717, 1.165) is 11.5 Å².